The van der Waals surface area contributed by atoms with Gasteiger partial charge in [0.1, 0.15) is 0 Å². The molecule has 0 aliphatic carbocycles. The molecule has 0 amide bonds. The van der Waals surface area contributed by atoms with Gasteiger partial charge >= 0.3 is 22.4 Å². The molecule has 1 rings (SSSR count). The molecule has 0 aliphatic rings. The molecule has 0 N–H and O–H groups in total. The quantitative estimate of drug-likeness (QED) is 0.725. The van der Waals surface area contributed by atoms with Crippen LogP contribution in [0.25, 0.3) is 0 Å². The van der Waals surface area contributed by atoms with Crippen LogP contribution in [0.4, 0.5) is 0 Å². The van der Waals surface area contributed by atoms with Gasteiger partial charge in [-0.3, -0.25) is 0 Å². The molecule has 0 saturated heterocycles. The largest absolute Gasteiger partial charge is 1.00 e. The molecule has 0 atom stereocenters. The van der Waals surface area contributed by atoms with E-state index in [0.717, 1.165) is 12.8 Å². The first-order chi connectivity index (χ1) is 4.93. The second-order valence-corrected chi connectivity index (χ2v) is 2.29. The molecule has 0 aliphatic heterocycles. The molecule has 0 fully saturated rings. The van der Waals surface area contributed by atoms with Crippen LogP contribution in [0.5, 0.6) is 0 Å². The second-order valence-electron chi connectivity index (χ2n) is 2.29. The summed E-state index contributed by atoms with van der Waals surface area (Å²) in [6, 6.07) is 10.1. The maximum Gasteiger partial charge on any atom is 1.00 e. The Hall–Kier alpha value is -0.0797. The molecule has 64 valence electrons. The molecule has 0 heterocycles. The third kappa shape index (κ3) is 4.38. The predicted octanol–water partition coefficient (Wildman–Crippen LogP) is 0.977. The molecule has 0 bridgehead atoms. The minimum absolute atomic E-state index is 0. The third-order valence-electron chi connectivity index (χ3n) is 1.45. The Morgan fingerprint density at radius 1 is 1.09 bits per heavy atom. The fourth-order valence-corrected chi connectivity index (χ4v) is 0.921. The van der Waals surface area contributed by atoms with E-state index in [1.165, 1.54) is 5.56 Å². The Bertz CT molecular complexity index is 174. The predicted molar refractivity (Wildman–Crippen MR) is 39.6 cm³/mol. The summed E-state index contributed by atoms with van der Waals surface area (Å²) < 4.78 is 0. The maximum atomic E-state index is 10.1. The van der Waals surface area contributed by atoms with Crippen molar-refractivity contribution in [1.82, 2.24) is 0 Å². The minimum Gasteiger partial charge on any atom is -0.854 e. The normalized spacial score (nSPS) is 8.82. The Morgan fingerprint density at radius 3 is 2.27 bits per heavy atom. The molecule has 1 nitrogen and oxygen atoms in total. The summed E-state index contributed by atoms with van der Waals surface area (Å²) >= 11 is 0. The van der Waals surface area contributed by atoms with Gasteiger partial charge in [-0.2, -0.15) is 0 Å². The van der Waals surface area contributed by atoms with Crippen LogP contribution in [-0.4, -0.2) is 6.61 Å². The summed E-state index contributed by atoms with van der Waals surface area (Å²) in [4.78, 5) is 0. The molecule has 0 spiro atoms. The molecular weight excluding hydrogens is 232 g/mol. The number of benzene rings is 1. The fraction of sp³-hybridized carbons (Fsp3) is 0.333. The van der Waals surface area contributed by atoms with E-state index in [1.807, 2.05) is 18.2 Å². The topological polar surface area (TPSA) is 23.1 Å². The third-order valence-corrected chi connectivity index (χ3v) is 1.45. The summed E-state index contributed by atoms with van der Waals surface area (Å²) in [6.07, 6.45) is 1.67. The average Bonchev–Trinajstić information content (AvgIpc) is 2.03. The van der Waals surface area contributed by atoms with Crippen LogP contribution >= 0.6 is 0 Å². The van der Waals surface area contributed by atoms with E-state index in [2.05, 4.69) is 12.1 Å². The first-order valence-electron chi connectivity index (χ1n) is 3.55. The Balaban J connectivity index is 0.000001000. The molecular formula is C9H11AgO. The van der Waals surface area contributed by atoms with Gasteiger partial charge in [-0.05, 0) is 12.0 Å². The zero-order chi connectivity index (χ0) is 7.23. The molecule has 0 radical (unpaired) electrons. The van der Waals surface area contributed by atoms with Gasteiger partial charge in [-0.1, -0.05) is 36.8 Å². The summed E-state index contributed by atoms with van der Waals surface area (Å²) in [5.41, 5.74) is 1.26. The van der Waals surface area contributed by atoms with Gasteiger partial charge in [-0.15, -0.1) is 6.61 Å². The minimum atomic E-state index is 0. The van der Waals surface area contributed by atoms with Crippen molar-refractivity contribution in [3.8, 4) is 0 Å². The number of hydrogen-bond donors (Lipinski definition) is 0. The van der Waals surface area contributed by atoms with Gasteiger partial charge in [0.15, 0.2) is 0 Å². The fourth-order valence-electron chi connectivity index (χ4n) is 0.921. The van der Waals surface area contributed by atoms with E-state index in [4.69, 9.17) is 0 Å². The van der Waals surface area contributed by atoms with E-state index >= 15 is 0 Å². The zero-order valence-electron chi connectivity index (χ0n) is 6.22. The zero-order valence-corrected chi connectivity index (χ0v) is 7.70. The number of rotatable bonds is 3. The Morgan fingerprint density at radius 2 is 1.73 bits per heavy atom. The van der Waals surface area contributed by atoms with Gasteiger partial charge in [0.2, 0.25) is 0 Å². The molecule has 1 aromatic carbocycles. The first kappa shape index (κ1) is 10.9. The van der Waals surface area contributed by atoms with Gasteiger partial charge in [0.05, 0.1) is 0 Å². The molecule has 0 aromatic heterocycles. The molecule has 0 saturated carbocycles. The Labute approximate surface area is 83.0 Å². The molecule has 11 heavy (non-hydrogen) atoms. The van der Waals surface area contributed by atoms with Crippen molar-refractivity contribution in [2.75, 3.05) is 6.61 Å². The van der Waals surface area contributed by atoms with E-state index in [9.17, 15) is 5.11 Å². The number of hydrogen-bond acceptors (Lipinski definition) is 1. The van der Waals surface area contributed by atoms with Gasteiger partial charge in [-0.25, -0.2) is 0 Å². The van der Waals surface area contributed by atoms with Gasteiger partial charge < -0.3 is 5.11 Å². The van der Waals surface area contributed by atoms with Crippen LogP contribution in [0.3, 0.4) is 0 Å². The first-order valence-corrected chi connectivity index (χ1v) is 3.55. The van der Waals surface area contributed by atoms with Crippen molar-refractivity contribution in [2.24, 2.45) is 0 Å². The summed E-state index contributed by atoms with van der Waals surface area (Å²) in [5, 5.41) is 10.1. The monoisotopic (exact) mass is 242 g/mol. The van der Waals surface area contributed by atoms with Gasteiger partial charge in [0.25, 0.3) is 0 Å². The smallest absolute Gasteiger partial charge is 0.854 e. The molecule has 1 aromatic rings. The van der Waals surface area contributed by atoms with Crippen LogP contribution < -0.4 is 5.11 Å². The van der Waals surface area contributed by atoms with Crippen LogP contribution in [0, 0.1) is 0 Å². The van der Waals surface area contributed by atoms with Crippen LogP contribution in [0.2, 0.25) is 0 Å². The standard InChI is InChI=1S/C9H11O.Ag/c10-8-4-7-9-5-2-1-3-6-9;/h1-3,5-6H,4,7-8H2;/q-1;+1. The average molecular weight is 243 g/mol. The van der Waals surface area contributed by atoms with Crippen LogP contribution in [-0.2, 0) is 28.8 Å². The SMILES string of the molecule is [Ag+].[O-]CCCc1ccccc1. The molecule has 2 heteroatoms. The van der Waals surface area contributed by atoms with Gasteiger partial charge in [0, 0.05) is 0 Å². The maximum absolute atomic E-state index is 10.1. The van der Waals surface area contributed by atoms with Crippen LogP contribution in [0.1, 0.15) is 12.0 Å². The summed E-state index contributed by atoms with van der Waals surface area (Å²) in [7, 11) is 0. The van der Waals surface area contributed by atoms with Crippen molar-refractivity contribution >= 4 is 0 Å². The van der Waals surface area contributed by atoms with Crippen molar-refractivity contribution in [2.45, 2.75) is 12.8 Å². The van der Waals surface area contributed by atoms with Crippen molar-refractivity contribution in [3.63, 3.8) is 0 Å². The van der Waals surface area contributed by atoms with E-state index in [1.54, 1.807) is 0 Å². The number of aryl methyl sites for hydroxylation is 1. The Kier molecular flexibility index (Phi) is 6.57. The van der Waals surface area contributed by atoms with E-state index in [-0.39, 0.29) is 29.0 Å². The van der Waals surface area contributed by atoms with Crippen LogP contribution in [0.15, 0.2) is 30.3 Å². The van der Waals surface area contributed by atoms with Crippen molar-refractivity contribution < 1.29 is 27.5 Å². The molecule has 0 unspecified atom stereocenters. The van der Waals surface area contributed by atoms with E-state index < -0.39 is 0 Å². The summed E-state index contributed by atoms with van der Waals surface area (Å²) in [5.74, 6) is 0. The van der Waals surface area contributed by atoms with E-state index in [0.29, 0.717) is 0 Å². The van der Waals surface area contributed by atoms with Crippen molar-refractivity contribution in [1.29, 1.82) is 0 Å². The van der Waals surface area contributed by atoms with Crippen molar-refractivity contribution in [3.05, 3.63) is 35.9 Å². The second kappa shape index (κ2) is 6.62. The summed E-state index contributed by atoms with van der Waals surface area (Å²) in [6.45, 7) is 0.0366.